The average Bonchev–Trinajstić information content (AvgIpc) is 2.39. The fourth-order valence-electron chi connectivity index (χ4n) is 1.97. The number of rotatable bonds is 3. The van der Waals surface area contributed by atoms with Gasteiger partial charge in [-0.15, -0.1) is 0 Å². The molecule has 0 fully saturated rings. The molecule has 96 valence electrons. The first-order chi connectivity index (χ1) is 9.09. The maximum Gasteiger partial charge on any atom is 0.185 e. The van der Waals surface area contributed by atoms with Crippen molar-refractivity contribution >= 4 is 11.5 Å². The predicted octanol–water partition coefficient (Wildman–Crippen LogP) is 2.89. The zero-order valence-corrected chi connectivity index (χ0v) is 11.0. The third kappa shape index (κ3) is 2.91. The highest BCUT2D eigenvalue weighted by Crippen LogP contribution is 2.16. The Morgan fingerprint density at radius 3 is 1.89 bits per heavy atom. The molecule has 0 saturated heterocycles. The normalized spacial score (nSPS) is 11.4. The van der Waals surface area contributed by atoms with Crippen LogP contribution in [0, 0.1) is 13.8 Å². The lowest BCUT2D eigenvalue weighted by Crippen LogP contribution is -2.08. The highest BCUT2D eigenvalue weighted by molar-refractivity contribution is 6.08. The van der Waals surface area contributed by atoms with Gasteiger partial charge in [-0.3, -0.25) is 4.79 Å². The number of aryl methyl sites for hydroxylation is 2. The van der Waals surface area contributed by atoms with Crippen LogP contribution in [0.5, 0.6) is 0 Å². The van der Waals surface area contributed by atoms with E-state index < -0.39 is 0 Å². The lowest BCUT2D eigenvalue weighted by molar-refractivity contribution is -0.243. The number of allylic oxidation sites excluding steroid dienone is 1. The van der Waals surface area contributed by atoms with Gasteiger partial charge in [0.1, 0.15) is 0 Å². The standard InChI is InChI=1S/C17H16O2/c1-12-7-3-5-9-14(12)16(18)11-17(19)15-10-6-4-8-13(15)2/h3-11,18H,1-2H3/p-1. The summed E-state index contributed by atoms with van der Waals surface area (Å²) in [5.41, 5.74) is 2.90. The van der Waals surface area contributed by atoms with Crippen molar-refractivity contribution in [3.63, 3.8) is 0 Å². The maximum absolute atomic E-state index is 12.1. The molecule has 0 amide bonds. The quantitative estimate of drug-likeness (QED) is 0.478. The zero-order chi connectivity index (χ0) is 13.8. The van der Waals surface area contributed by atoms with Crippen LogP contribution in [0.2, 0.25) is 0 Å². The van der Waals surface area contributed by atoms with Crippen LogP contribution < -0.4 is 5.11 Å². The van der Waals surface area contributed by atoms with Gasteiger partial charge in [-0.1, -0.05) is 54.3 Å². The Kier molecular flexibility index (Phi) is 3.81. The highest BCUT2D eigenvalue weighted by Gasteiger charge is 2.05. The Bertz CT molecular complexity index is 639. The van der Waals surface area contributed by atoms with Crippen molar-refractivity contribution in [3.05, 3.63) is 76.9 Å². The molecule has 2 nitrogen and oxygen atoms in total. The van der Waals surface area contributed by atoms with E-state index in [0.29, 0.717) is 11.1 Å². The molecular formula is C17H15O2-. The molecule has 0 radical (unpaired) electrons. The molecule has 0 saturated carbocycles. The van der Waals surface area contributed by atoms with Crippen molar-refractivity contribution in [2.24, 2.45) is 0 Å². The Labute approximate surface area is 113 Å². The van der Waals surface area contributed by atoms with Gasteiger partial charge in [-0.2, -0.15) is 0 Å². The van der Waals surface area contributed by atoms with Crippen molar-refractivity contribution < 1.29 is 9.90 Å². The van der Waals surface area contributed by atoms with E-state index in [1.165, 1.54) is 6.08 Å². The summed E-state index contributed by atoms with van der Waals surface area (Å²) < 4.78 is 0. The van der Waals surface area contributed by atoms with E-state index in [2.05, 4.69) is 0 Å². The van der Waals surface area contributed by atoms with Gasteiger partial charge in [0.2, 0.25) is 0 Å². The molecule has 0 aromatic heterocycles. The van der Waals surface area contributed by atoms with E-state index >= 15 is 0 Å². The van der Waals surface area contributed by atoms with Crippen molar-refractivity contribution in [3.8, 4) is 0 Å². The Morgan fingerprint density at radius 2 is 1.37 bits per heavy atom. The third-order valence-corrected chi connectivity index (χ3v) is 3.08. The molecule has 0 aliphatic heterocycles. The van der Waals surface area contributed by atoms with E-state index in [0.717, 1.165) is 11.1 Å². The summed E-state index contributed by atoms with van der Waals surface area (Å²) in [6.45, 7) is 3.72. The molecule has 0 spiro atoms. The lowest BCUT2D eigenvalue weighted by atomic mass is 10.0. The Hall–Kier alpha value is -2.35. The van der Waals surface area contributed by atoms with Crippen LogP contribution in [0.3, 0.4) is 0 Å². The second-order valence-electron chi connectivity index (χ2n) is 4.50. The minimum Gasteiger partial charge on any atom is -0.872 e. The largest absolute Gasteiger partial charge is 0.872 e. The fourth-order valence-corrected chi connectivity index (χ4v) is 1.97. The second kappa shape index (κ2) is 5.53. The molecule has 2 rings (SSSR count). The van der Waals surface area contributed by atoms with E-state index in [4.69, 9.17) is 0 Å². The number of hydrogen-bond acceptors (Lipinski definition) is 2. The van der Waals surface area contributed by atoms with Crippen molar-refractivity contribution in [1.29, 1.82) is 0 Å². The first kappa shape index (κ1) is 13.1. The molecule has 19 heavy (non-hydrogen) atoms. The van der Waals surface area contributed by atoms with Gasteiger partial charge in [0.25, 0.3) is 0 Å². The van der Waals surface area contributed by atoms with Crippen LogP contribution >= 0.6 is 0 Å². The molecule has 0 aliphatic rings. The van der Waals surface area contributed by atoms with Crippen molar-refractivity contribution in [2.45, 2.75) is 13.8 Å². The minimum atomic E-state index is -0.244. The van der Waals surface area contributed by atoms with E-state index in [1.54, 1.807) is 24.3 Å². The molecule has 0 heterocycles. The van der Waals surface area contributed by atoms with E-state index in [1.807, 2.05) is 38.1 Å². The smallest absolute Gasteiger partial charge is 0.185 e. The summed E-state index contributed by atoms with van der Waals surface area (Å²) >= 11 is 0. The maximum atomic E-state index is 12.1. The fraction of sp³-hybridized carbons (Fsp3) is 0.118. The van der Waals surface area contributed by atoms with Crippen LogP contribution in [0.4, 0.5) is 0 Å². The molecule has 2 aromatic carbocycles. The van der Waals surface area contributed by atoms with Gasteiger partial charge in [-0.05, 0) is 36.6 Å². The molecule has 0 N–H and O–H groups in total. The number of ketones is 1. The third-order valence-electron chi connectivity index (χ3n) is 3.08. The molecule has 0 aliphatic carbocycles. The molecule has 0 atom stereocenters. The second-order valence-corrected chi connectivity index (χ2v) is 4.50. The Morgan fingerprint density at radius 1 is 0.895 bits per heavy atom. The van der Waals surface area contributed by atoms with Crippen molar-refractivity contribution in [1.82, 2.24) is 0 Å². The number of benzene rings is 2. The molecule has 2 heteroatoms. The average molecular weight is 251 g/mol. The summed E-state index contributed by atoms with van der Waals surface area (Å²) in [5.74, 6) is -0.488. The van der Waals surface area contributed by atoms with Gasteiger partial charge >= 0.3 is 0 Å². The zero-order valence-electron chi connectivity index (χ0n) is 11.0. The molecule has 0 unspecified atom stereocenters. The van der Waals surface area contributed by atoms with E-state index in [-0.39, 0.29) is 11.5 Å². The number of carbonyl (C=O) groups is 1. The Balaban J connectivity index is 2.34. The van der Waals surface area contributed by atoms with Gasteiger partial charge in [-0.25, -0.2) is 0 Å². The minimum absolute atomic E-state index is 0.244. The lowest BCUT2D eigenvalue weighted by Gasteiger charge is -2.14. The first-order valence-electron chi connectivity index (χ1n) is 6.14. The van der Waals surface area contributed by atoms with Crippen LogP contribution in [0.25, 0.3) is 5.76 Å². The predicted molar refractivity (Wildman–Crippen MR) is 74.7 cm³/mol. The monoisotopic (exact) mass is 251 g/mol. The van der Waals surface area contributed by atoms with E-state index in [9.17, 15) is 9.90 Å². The summed E-state index contributed by atoms with van der Waals surface area (Å²) in [6.07, 6.45) is 1.17. The summed E-state index contributed by atoms with van der Waals surface area (Å²) in [6, 6.07) is 14.5. The van der Waals surface area contributed by atoms with Gasteiger partial charge < -0.3 is 5.11 Å². The SMILES string of the molecule is Cc1ccccc1C(=O)C=C([O-])c1ccccc1C. The first-order valence-corrected chi connectivity index (χ1v) is 6.14. The van der Waals surface area contributed by atoms with Crippen LogP contribution in [-0.2, 0) is 0 Å². The van der Waals surface area contributed by atoms with Crippen molar-refractivity contribution in [2.75, 3.05) is 0 Å². The topological polar surface area (TPSA) is 40.1 Å². The number of hydrogen-bond donors (Lipinski definition) is 0. The number of carbonyl (C=O) groups excluding carboxylic acids is 1. The molecular weight excluding hydrogens is 236 g/mol. The molecule has 0 bridgehead atoms. The highest BCUT2D eigenvalue weighted by atomic mass is 16.3. The summed E-state index contributed by atoms with van der Waals surface area (Å²) in [5, 5.41) is 12.1. The van der Waals surface area contributed by atoms with Gasteiger partial charge in [0.05, 0.1) is 0 Å². The van der Waals surface area contributed by atoms with Crippen LogP contribution in [0.15, 0.2) is 54.6 Å². The van der Waals surface area contributed by atoms with Crippen LogP contribution in [-0.4, -0.2) is 5.78 Å². The summed E-state index contributed by atoms with van der Waals surface area (Å²) in [4.78, 5) is 12.1. The van der Waals surface area contributed by atoms with Gasteiger partial charge in [0, 0.05) is 5.56 Å². The van der Waals surface area contributed by atoms with Gasteiger partial charge in [0.15, 0.2) is 5.78 Å². The summed E-state index contributed by atoms with van der Waals surface area (Å²) in [7, 11) is 0. The van der Waals surface area contributed by atoms with Crippen LogP contribution in [0.1, 0.15) is 27.0 Å². The molecule has 2 aromatic rings.